The Morgan fingerprint density at radius 3 is 2.17 bits per heavy atom. The number of rotatable bonds is 2. The van der Waals surface area contributed by atoms with Crippen LogP contribution in [0.4, 0.5) is 5.69 Å². The summed E-state index contributed by atoms with van der Waals surface area (Å²) in [6.07, 6.45) is 3.04. The average molecular weight is 184 g/mol. The number of nitrogens with zero attached hydrogens (tertiary/aromatic N) is 1. The second-order valence-electron chi connectivity index (χ2n) is 2.41. The van der Waals surface area contributed by atoms with Crippen molar-refractivity contribution >= 4 is 15.7 Å². The van der Waals surface area contributed by atoms with Gasteiger partial charge in [-0.1, -0.05) is 18.2 Å². The summed E-state index contributed by atoms with van der Waals surface area (Å²) >= 11 is 0. The molecule has 0 saturated heterocycles. The molecule has 12 heavy (non-hydrogen) atoms. The van der Waals surface area contributed by atoms with Gasteiger partial charge in [0.25, 0.3) is 0 Å². The van der Waals surface area contributed by atoms with E-state index in [2.05, 4.69) is 6.26 Å². The monoisotopic (exact) mass is 184 g/mol. The molecule has 0 aromatic heterocycles. The molecule has 65 valence electrons. The van der Waals surface area contributed by atoms with Crippen LogP contribution >= 0.6 is 0 Å². The number of anilines is 1. The van der Waals surface area contributed by atoms with Crippen molar-refractivity contribution in [3.05, 3.63) is 36.6 Å². The molecule has 0 saturated carbocycles. The van der Waals surface area contributed by atoms with Crippen LogP contribution in [0.2, 0.25) is 0 Å². The van der Waals surface area contributed by atoms with E-state index in [9.17, 15) is 8.42 Å². The molecule has 0 heterocycles. The minimum atomic E-state index is -3.37. The maximum atomic E-state index is 10.9. The zero-order valence-corrected chi connectivity index (χ0v) is 7.58. The highest BCUT2D eigenvalue weighted by Gasteiger charge is 2.10. The van der Waals surface area contributed by atoms with E-state index < -0.39 is 10.0 Å². The number of para-hydroxylation sites is 1. The number of hydrogen-bond acceptors (Lipinski definition) is 2. The van der Waals surface area contributed by atoms with Gasteiger partial charge in [0.1, 0.15) is 0 Å². The van der Waals surface area contributed by atoms with Crippen LogP contribution in [0.25, 0.3) is 0 Å². The van der Waals surface area contributed by atoms with Gasteiger partial charge in [-0.25, -0.2) is 8.42 Å². The van der Waals surface area contributed by atoms with E-state index in [4.69, 9.17) is 0 Å². The molecule has 0 spiro atoms. The minimum Gasteiger partial charge on any atom is -0.273 e. The molecule has 3 nitrogen and oxygen atoms in total. The van der Waals surface area contributed by atoms with Crippen LogP contribution in [-0.4, -0.2) is 15.5 Å². The van der Waals surface area contributed by atoms with Crippen LogP contribution in [0, 0.1) is 6.26 Å². The molecular formula is C8H10NO2S. The summed E-state index contributed by atoms with van der Waals surface area (Å²) in [4.78, 5) is 0. The third kappa shape index (κ3) is 1.98. The van der Waals surface area contributed by atoms with Crippen molar-refractivity contribution < 1.29 is 8.42 Å². The van der Waals surface area contributed by atoms with Gasteiger partial charge in [-0.05, 0) is 12.1 Å². The predicted molar refractivity (Wildman–Crippen MR) is 49.1 cm³/mol. The smallest absolute Gasteiger partial charge is 0.235 e. The fourth-order valence-corrected chi connectivity index (χ4v) is 1.24. The van der Waals surface area contributed by atoms with E-state index in [0.29, 0.717) is 5.69 Å². The summed E-state index contributed by atoms with van der Waals surface area (Å²) in [5.41, 5.74) is 0.618. The third-order valence-electron chi connectivity index (χ3n) is 1.54. The Hall–Kier alpha value is -1.03. The molecule has 0 bridgehead atoms. The Kier molecular flexibility index (Phi) is 2.38. The lowest BCUT2D eigenvalue weighted by Gasteiger charge is -2.15. The first-order chi connectivity index (χ1) is 5.52. The van der Waals surface area contributed by atoms with Crippen LogP contribution in [-0.2, 0) is 10.0 Å². The zero-order valence-electron chi connectivity index (χ0n) is 6.77. The fourth-order valence-electron chi connectivity index (χ4n) is 0.799. The molecule has 0 amide bonds. The lowest BCUT2D eigenvalue weighted by Crippen LogP contribution is -2.22. The molecule has 0 aliphatic heterocycles. The highest BCUT2D eigenvalue weighted by atomic mass is 32.2. The first kappa shape index (κ1) is 9.06. The van der Waals surface area contributed by atoms with Gasteiger partial charge in [-0.15, -0.1) is 0 Å². The van der Waals surface area contributed by atoms with E-state index in [1.165, 1.54) is 7.05 Å². The van der Waals surface area contributed by atoms with E-state index in [-0.39, 0.29) is 0 Å². The summed E-state index contributed by atoms with van der Waals surface area (Å²) in [7, 11) is -1.90. The first-order valence-electron chi connectivity index (χ1n) is 3.39. The number of benzene rings is 1. The van der Waals surface area contributed by atoms with Gasteiger partial charge in [0, 0.05) is 7.05 Å². The largest absolute Gasteiger partial charge is 0.273 e. The third-order valence-corrected chi connectivity index (χ3v) is 2.58. The Morgan fingerprint density at radius 1 is 1.25 bits per heavy atom. The molecule has 1 aromatic carbocycles. The van der Waals surface area contributed by atoms with E-state index in [1.54, 1.807) is 24.3 Å². The van der Waals surface area contributed by atoms with Crippen LogP contribution in [0.5, 0.6) is 0 Å². The maximum Gasteiger partial charge on any atom is 0.235 e. The Labute approximate surface area is 72.7 Å². The van der Waals surface area contributed by atoms with Crippen LogP contribution in [0.3, 0.4) is 0 Å². The van der Waals surface area contributed by atoms with Gasteiger partial charge in [0.05, 0.1) is 11.9 Å². The molecule has 4 heteroatoms. The van der Waals surface area contributed by atoms with E-state index in [1.807, 2.05) is 6.07 Å². The van der Waals surface area contributed by atoms with Crippen molar-refractivity contribution in [2.45, 2.75) is 0 Å². The van der Waals surface area contributed by atoms with E-state index >= 15 is 0 Å². The summed E-state index contributed by atoms with van der Waals surface area (Å²) in [5.74, 6) is 0. The van der Waals surface area contributed by atoms with Crippen molar-refractivity contribution in [2.75, 3.05) is 11.4 Å². The lowest BCUT2D eigenvalue weighted by molar-refractivity contribution is 0.603. The summed E-state index contributed by atoms with van der Waals surface area (Å²) in [5, 5.41) is 0. The Bertz CT molecular complexity index is 345. The SMILES string of the molecule is [CH2]S(=O)(=O)N(C)c1ccccc1. The molecule has 1 aromatic rings. The second kappa shape index (κ2) is 3.15. The van der Waals surface area contributed by atoms with Crippen molar-refractivity contribution in [3.63, 3.8) is 0 Å². The van der Waals surface area contributed by atoms with Gasteiger partial charge in [-0.2, -0.15) is 0 Å². The minimum absolute atomic E-state index is 0.618. The maximum absolute atomic E-state index is 10.9. The summed E-state index contributed by atoms with van der Waals surface area (Å²) in [6, 6.07) is 8.80. The molecule has 1 rings (SSSR count). The topological polar surface area (TPSA) is 37.4 Å². The highest BCUT2D eigenvalue weighted by Crippen LogP contribution is 2.13. The number of hydrogen-bond donors (Lipinski definition) is 0. The second-order valence-corrected chi connectivity index (χ2v) is 4.13. The van der Waals surface area contributed by atoms with Crippen molar-refractivity contribution in [1.29, 1.82) is 0 Å². The van der Waals surface area contributed by atoms with Gasteiger partial charge >= 0.3 is 0 Å². The first-order valence-corrected chi connectivity index (χ1v) is 5.00. The number of sulfonamides is 1. The predicted octanol–water partition coefficient (Wildman–Crippen LogP) is 1.24. The molecule has 0 aliphatic carbocycles. The van der Waals surface area contributed by atoms with Crippen molar-refractivity contribution in [3.8, 4) is 0 Å². The van der Waals surface area contributed by atoms with Crippen molar-refractivity contribution in [2.24, 2.45) is 0 Å². The molecule has 0 aliphatic rings. The lowest BCUT2D eigenvalue weighted by atomic mass is 10.3. The van der Waals surface area contributed by atoms with Crippen LogP contribution in [0.1, 0.15) is 0 Å². The summed E-state index contributed by atoms with van der Waals surface area (Å²) in [6.45, 7) is 0. The standard InChI is InChI=1S/C8H10NO2S/c1-9(12(2,10)11)8-6-4-3-5-7-8/h3-7H,2H2,1H3. The molecule has 1 radical (unpaired) electrons. The van der Waals surface area contributed by atoms with E-state index in [0.717, 1.165) is 4.31 Å². The normalized spacial score (nSPS) is 11.2. The van der Waals surface area contributed by atoms with Crippen molar-refractivity contribution in [1.82, 2.24) is 0 Å². The molecule has 0 atom stereocenters. The summed E-state index contributed by atoms with van der Waals surface area (Å²) < 4.78 is 23.0. The van der Waals surface area contributed by atoms with Crippen LogP contribution in [0.15, 0.2) is 30.3 Å². The fraction of sp³-hybridized carbons (Fsp3) is 0.125. The van der Waals surface area contributed by atoms with Crippen LogP contribution < -0.4 is 4.31 Å². The molecular weight excluding hydrogens is 174 g/mol. The van der Waals surface area contributed by atoms with Gasteiger partial charge in [-0.3, -0.25) is 4.31 Å². The highest BCUT2D eigenvalue weighted by molar-refractivity contribution is 7.93. The van der Waals surface area contributed by atoms with Gasteiger partial charge in [0.2, 0.25) is 10.0 Å². The zero-order chi connectivity index (χ0) is 9.19. The Balaban J connectivity index is 3.02. The molecule has 0 unspecified atom stereocenters. The van der Waals surface area contributed by atoms with Gasteiger partial charge < -0.3 is 0 Å². The van der Waals surface area contributed by atoms with Gasteiger partial charge in [0.15, 0.2) is 0 Å². The quantitative estimate of drug-likeness (QED) is 0.693. The average Bonchev–Trinajstić information content (AvgIpc) is 2.03. The molecule has 0 fully saturated rings. The Morgan fingerprint density at radius 2 is 1.75 bits per heavy atom. The molecule has 0 N–H and O–H groups in total.